The SMILES string of the molecule is O=CC=Cc1cc(F)ccc1F. The summed E-state index contributed by atoms with van der Waals surface area (Å²) in [4.78, 5) is 9.87. The molecule has 0 aromatic heterocycles. The molecule has 3 heteroatoms. The fraction of sp³-hybridized carbons (Fsp3) is 0. The zero-order valence-electron chi connectivity index (χ0n) is 6.13. The molecule has 0 bridgehead atoms. The van der Waals surface area contributed by atoms with E-state index in [0.717, 1.165) is 24.3 Å². The van der Waals surface area contributed by atoms with Gasteiger partial charge in [-0.1, -0.05) is 0 Å². The average Bonchev–Trinajstić information content (AvgIpc) is 2.07. The molecule has 1 rings (SSSR count). The lowest BCUT2D eigenvalue weighted by Crippen LogP contribution is -1.83. The van der Waals surface area contributed by atoms with Crippen molar-refractivity contribution in [1.82, 2.24) is 0 Å². The molecule has 0 heterocycles. The fourth-order valence-corrected chi connectivity index (χ4v) is 0.785. The molecule has 0 saturated carbocycles. The molecule has 0 unspecified atom stereocenters. The molecule has 0 saturated heterocycles. The first-order valence-corrected chi connectivity index (χ1v) is 3.31. The molecule has 1 nitrogen and oxygen atoms in total. The first-order chi connectivity index (χ1) is 5.74. The standard InChI is InChI=1S/C9H6F2O/c10-8-3-4-9(11)7(6-8)2-1-5-12/h1-6H. The lowest BCUT2D eigenvalue weighted by molar-refractivity contribution is -0.104. The monoisotopic (exact) mass is 168 g/mol. The first-order valence-electron chi connectivity index (χ1n) is 3.31. The van der Waals surface area contributed by atoms with Crippen molar-refractivity contribution in [2.75, 3.05) is 0 Å². The van der Waals surface area contributed by atoms with Gasteiger partial charge in [-0.25, -0.2) is 8.78 Å². The van der Waals surface area contributed by atoms with E-state index in [1.807, 2.05) is 0 Å². The summed E-state index contributed by atoms with van der Waals surface area (Å²) in [5.74, 6) is -1.07. The van der Waals surface area contributed by atoms with Crippen LogP contribution in [-0.4, -0.2) is 6.29 Å². The highest BCUT2D eigenvalue weighted by molar-refractivity contribution is 5.73. The summed E-state index contributed by atoms with van der Waals surface area (Å²) < 4.78 is 25.2. The van der Waals surface area contributed by atoms with Crippen LogP contribution in [0, 0.1) is 11.6 Å². The third kappa shape index (κ3) is 1.99. The van der Waals surface area contributed by atoms with E-state index in [1.165, 1.54) is 6.08 Å². The lowest BCUT2D eigenvalue weighted by atomic mass is 10.2. The summed E-state index contributed by atoms with van der Waals surface area (Å²) in [5, 5.41) is 0. The number of halogens is 2. The summed E-state index contributed by atoms with van der Waals surface area (Å²) in [6.07, 6.45) is 2.83. The van der Waals surface area contributed by atoms with Crippen LogP contribution in [0.4, 0.5) is 8.78 Å². The molecule has 0 fully saturated rings. The maximum atomic E-state index is 12.8. The van der Waals surface area contributed by atoms with Crippen LogP contribution in [-0.2, 0) is 4.79 Å². The van der Waals surface area contributed by atoms with Gasteiger partial charge in [-0.05, 0) is 30.4 Å². The largest absolute Gasteiger partial charge is 0.299 e. The van der Waals surface area contributed by atoms with E-state index in [1.54, 1.807) is 0 Å². The van der Waals surface area contributed by atoms with Gasteiger partial charge in [0.25, 0.3) is 0 Å². The van der Waals surface area contributed by atoms with Crippen molar-refractivity contribution in [3.63, 3.8) is 0 Å². The van der Waals surface area contributed by atoms with E-state index in [2.05, 4.69) is 0 Å². The molecule has 0 amide bonds. The minimum Gasteiger partial charge on any atom is -0.299 e. The van der Waals surface area contributed by atoms with E-state index < -0.39 is 11.6 Å². The molecule has 62 valence electrons. The van der Waals surface area contributed by atoms with E-state index in [9.17, 15) is 13.6 Å². The molecular formula is C9H6F2O. The molecule has 1 aromatic rings. The fourth-order valence-electron chi connectivity index (χ4n) is 0.785. The van der Waals surface area contributed by atoms with E-state index in [-0.39, 0.29) is 5.56 Å². The smallest absolute Gasteiger partial charge is 0.142 e. The predicted molar refractivity (Wildman–Crippen MR) is 41.5 cm³/mol. The summed E-state index contributed by atoms with van der Waals surface area (Å²) in [7, 11) is 0. The van der Waals surface area contributed by atoms with Gasteiger partial charge >= 0.3 is 0 Å². The Morgan fingerprint density at radius 2 is 2.00 bits per heavy atom. The van der Waals surface area contributed by atoms with E-state index in [0.29, 0.717) is 6.29 Å². The maximum absolute atomic E-state index is 12.8. The van der Waals surface area contributed by atoms with Crippen molar-refractivity contribution in [3.8, 4) is 0 Å². The summed E-state index contributed by atoms with van der Waals surface area (Å²) in [6, 6.07) is 3.06. The number of hydrogen-bond donors (Lipinski definition) is 0. The molecule has 0 aliphatic heterocycles. The normalized spacial score (nSPS) is 10.5. The number of carbonyl (C=O) groups excluding carboxylic acids is 1. The number of rotatable bonds is 2. The Balaban J connectivity index is 3.04. The molecule has 0 N–H and O–H groups in total. The van der Waals surface area contributed by atoms with Gasteiger partial charge in [-0.15, -0.1) is 0 Å². The number of allylic oxidation sites excluding steroid dienone is 1. The van der Waals surface area contributed by atoms with Crippen LogP contribution in [0.5, 0.6) is 0 Å². The van der Waals surface area contributed by atoms with Crippen LogP contribution in [0.1, 0.15) is 5.56 Å². The Bertz CT molecular complexity index is 318. The van der Waals surface area contributed by atoms with Crippen molar-refractivity contribution >= 4 is 12.4 Å². The molecule has 1 aromatic carbocycles. The number of benzene rings is 1. The van der Waals surface area contributed by atoms with Crippen molar-refractivity contribution in [1.29, 1.82) is 0 Å². The van der Waals surface area contributed by atoms with Crippen LogP contribution < -0.4 is 0 Å². The van der Waals surface area contributed by atoms with Gasteiger partial charge in [-0.2, -0.15) is 0 Å². The number of aldehydes is 1. The van der Waals surface area contributed by atoms with Gasteiger partial charge in [0.05, 0.1) is 0 Å². The van der Waals surface area contributed by atoms with E-state index in [4.69, 9.17) is 0 Å². The second kappa shape index (κ2) is 3.76. The Hall–Kier alpha value is -1.51. The third-order valence-electron chi connectivity index (χ3n) is 1.31. The molecule has 12 heavy (non-hydrogen) atoms. The quantitative estimate of drug-likeness (QED) is 0.488. The highest BCUT2D eigenvalue weighted by atomic mass is 19.1. The third-order valence-corrected chi connectivity index (χ3v) is 1.31. The topological polar surface area (TPSA) is 17.1 Å². The van der Waals surface area contributed by atoms with Crippen LogP contribution in [0.2, 0.25) is 0 Å². The molecule has 0 spiro atoms. The van der Waals surface area contributed by atoms with Gasteiger partial charge in [0.15, 0.2) is 0 Å². The second-order valence-corrected chi connectivity index (χ2v) is 2.16. The Morgan fingerprint density at radius 1 is 1.25 bits per heavy atom. The van der Waals surface area contributed by atoms with Gasteiger partial charge in [0.1, 0.15) is 17.9 Å². The van der Waals surface area contributed by atoms with Crippen LogP contribution in [0.15, 0.2) is 24.3 Å². The van der Waals surface area contributed by atoms with Crippen molar-refractivity contribution < 1.29 is 13.6 Å². The highest BCUT2D eigenvalue weighted by Crippen LogP contribution is 2.10. The van der Waals surface area contributed by atoms with Crippen molar-refractivity contribution in [3.05, 3.63) is 41.5 Å². The second-order valence-electron chi connectivity index (χ2n) is 2.16. The first kappa shape index (κ1) is 8.59. The Kier molecular flexibility index (Phi) is 2.69. The zero-order chi connectivity index (χ0) is 8.97. The van der Waals surface area contributed by atoms with Gasteiger partial charge in [0.2, 0.25) is 0 Å². The predicted octanol–water partition coefficient (Wildman–Crippen LogP) is 2.18. The Morgan fingerprint density at radius 3 is 2.67 bits per heavy atom. The zero-order valence-corrected chi connectivity index (χ0v) is 6.13. The minimum absolute atomic E-state index is 0.0714. The van der Waals surface area contributed by atoms with Crippen molar-refractivity contribution in [2.24, 2.45) is 0 Å². The Labute approximate surface area is 68.3 Å². The van der Waals surface area contributed by atoms with Crippen LogP contribution in [0.3, 0.4) is 0 Å². The summed E-state index contributed by atoms with van der Waals surface area (Å²) >= 11 is 0. The lowest BCUT2D eigenvalue weighted by Gasteiger charge is -1.94. The van der Waals surface area contributed by atoms with Crippen LogP contribution in [0.25, 0.3) is 6.08 Å². The molecule has 0 aliphatic carbocycles. The molecule has 0 radical (unpaired) electrons. The highest BCUT2D eigenvalue weighted by Gasteiger charge is 1.98. The van der Waals surface area contributed by atoms with Gasteiger partial charge in [0, 0.05) is 5.56 Å². The van der Waals surface area contributed by atoms with Gasteiger partial charge < -0.3 is 0 Å². The molecular weight excluding hydrogens is 162 g/mol. The molecule has 0 aliphatic rings. The summed E-state index contributed by atoms with van der Waals surface area (Å²) in [5.41, 5.74) is 0.0714. The molecule has 0 atom stereocenters. The average molecular weight is 168 g/mol. The summed E-state index contributed by atoms with van der Waals surface area (Å²) in [6.45, 7) is 0. The number of carbonyl (C=O) groups is 1. The van der Waals surface area contributed by atoms with Crippen molar-refractivity contribution in [2.45, 2.75) is 0 Å². The number of hydrogen-bond acceptors (Lipinski definition) is 1. The minimum atomic E-state index is -0.547. The maximum Gasteiger partial charge on any atom is 0.142 e. The van der Waals surface area contributed by atoms with E-state index >= 15 is 0 Å². The van der Waals surface area contributed by atoms with Gasteiger partial charge in [-0.3, -0.25) is 4.79 Å². The van der Waals surface area contributed by atoms with Crippen LogP contribution >= 0.6 is 0 Å².